The number of phosphoric ester groups is 1. The van der Waals surface area contributed by atoms with Crippen LogP contribution >= 0.6 is 7.82 Å². The summed E-state index contributed by atoms with van der Waals surface area (Å²) >= 11 is 0. The van der Waals surface area contributed by atoms with Crippen molar-refractivity contribution in [1.29, 1.82) is 0 Å². The first-order valence-corrected chi connectivity index (χ1v) is 29.7. The second-order valence-corrected chi connectivity index (χ2v) is 20.6. The fourth-order valence-corrected chi connectivity index (χ4v) is 9.22. The molecule has 0 aliphatic carbocycles. The Bertz CT molecular complexity index is 1070. The highest BCUT2D eigenvalue weighted by Gasteiger charge is 2.26. The molecule has 0 saturated heterocycles. The van der Waals surface area contributed by atoms with Gasteiger partial charge in [-0.2, -0.15) is 0 Å². The molecule has 0 spiro atoms. The van der Waals surface area contributed by atoms with E-state index < -0.39 is 26.5 Å². The van der Waals surface area contributed by atoms with E-state index in [2.05, 4.69) is 26.0 Å². The zero-order valence-electron chi connectivity index (χ0n) is 43.0. The fraction of sp³-hybridized carbons (Fsp3) is 0.927. The van der Waals surface area contributed by atoms with Gasteiger partial charge in [-0.25, -0.2) is 4.57 Å². The van der Waals surface area contributed by atoms with Crippen molar-refractivity contribution < 1.29 is 37.6 Å². The third-order valence-electron chi connectivity index (χ3n) is 12.7. The molecule has 2 unspecified atom stereocenters. The van der Waals surface area contributed by atoms with Crippen molar-refractivity contribution in [2.45, 2.75) is 302 Å². The number of allylic oxidation sites excluding steroid dienone is 2. The van der Waals surface area contributed by atoms with Crippen molar-refractivity contribution in [2.24, 2.45) is 5.73 Å². The first-order chi connectivity index (χ1) is 31.8. The number of rotatable bonds is 54. The van der Waals surface area contributed by atoms with E-state index in [1.54, 1.807) is 0 Å². The van der Waals surface area contributed by atoms with Gasteiger partial charge in [0.25, 0.3) is 0 Å². The van der Waals surface area contributed by atoms with Crippen LogP contribution in [-0.2, 0) is 32.7 Å². The molecule has 0 aromatic heterocycles. The Balaban J connectivity index is 3.57. The molecule has 0 heterocycles. The first-order valence-electron chi connectivity index (χ1n) is 28.2. The molecule has 386 valence electrons. The van der Waals surface area contributed by atoms with Crippen LogP contribution in [0.3, 0.4) is 0 Å². The number of ether oxygens (including phenoxy) is 2. The van der Waals surface area contributed by atoms with Crippen LogP contribution in [-0.4, -0.2) is 49.3 Å². The lowest BCUT2D eigenvalue weighted by Gasteiger charge is -2.19. The first kappa shape index (κ1) is 63.8. The summed E-state index contributed by atoms with van der Waals surface area (Å²) in [5, 5.41) is 0. The monoisotopic (exact) mass is 942 g/mol. The Morgan fingerprint density at radius 1 is 0.446 bits per heavy atom. The molecule has 0 amide bonds. The summed E-state index contributed by atoms with van der Waals surface area (Å²) in [5.41, 5.74) is 5.34. The van der Waals surface area contributed by atoms with E-state index >= 15 is 0 Å². The van der Waals surface area contributed by atoms with E-state index in [1.165, 1.54) is 218 Å². The van der Waals surface area contributed by atoms with Crippen LogP contribution in [0.5, 0.6) is 0 Å². The second kappa shape index (κ2) is 52.1. The number of nitrogens with two attached hydrogens (primary N) is 1. The molecule has 0 aromatic carbocycles. The quantitative estimate of drug-likeness (QED) is 0.0264. The summed E-state index contributed by atoms with van der Waals surface area (Å²) in [6, 6.07) is 0. The van der Waals surface area contributed by atoms with E-state index in [0.717, 1.165) is 44.9 Å². The highest BCUT2D eigenvalue weighted by atomic mass is 31.2. The maximum absolute atomic E-state index is 12.6. The van der Waals surface area contributed by atoms with E-state index in [0.29, 0.717) is 6.42 Å². The molecule has 0 fully saturated rings. The standard InChI is InChI=1S/C55H108NO8P/c1-3-5-7-9-10-11-12-13-14-15-16-17-18-19-20-21-22-23-24-25-26-27-28-29-30-31-32-33-34-35-36-37-38-39-40-41-42-44-46-48-55(58)64-53(52-63-65(59,60)62-50-49-56)51-61-54(57)47-45-43-8-6-4-2/h15-16,53H,3-14,17-52,56H2,1-2H3,(H,59,60)/b16-15-. The highest BCUT2D eigenvalue weighted by Crippen LogP contribution is 2.43. The summed E-state index contributed by atoms with van der Waals surface area (Å²) < 4.78 is 32.6. The van der Waals surface area contributed by atoms with Crippen LogP contribution in [0.2, 0.25) is 0 Å². The number of hydrogen-bond acceptors (Lipinski definition) is 8. The van der Waals surface area contributed by atoms with Crippen LogP contribution in [0.25, 0.3) is 0 Å². The molecule has 65 heavy (non-hydrogen) atoms. The topological polar surface area (TPSA) is 134 Å². The molecule has 0 aliphatic rings. The van der Waals surface area contributed by atoms with Crippen LogP contribution in [0.4, 0.5) is 0 Å². The van der Waals surface area contributed by atoms with E-state index in [9.17, 15) is 19.0 Å². The maximum Gasteiger partial charge on any atom is 0.472 e. The van der Waals surface area contributed by atoms with Gasteiger partial charge in [0.1, 0.15) is 6.61 Å². The minimum atomic E-state index is -4.36. The lowest BCUT2D eigenvalue weighted by atomic mass is 10.0. The highest BCUT2D eigenvalue weighted by molar-refractivity contribution is 7.47. The SMILES string of the molecule is CCCCCCCCCC/C=C\CCCCCCCCCCCCCCCCCCCCCCCCCCCCCC(=O)OC(COC(=O)CCCCCCC)COP(=O)(O)OCCN. The van der Waals surface area contributed by atoms with Gasteiger partial charge in [0.2, 0.25) is 0 Å². The van der Waals surface area contributed by atoms with Gasteiger partial charge in [0.15, 0.2) is 6.10 Å². The number of unbranched alkanes of at least 4 members (excludes halogenated alkanes) is 39. The van der Waals surface area contributed by atoms with E-state index in [4.69, 9.17) is 24.3 Å². The number of hydrogen-bond donors (Lipinski definition) is 2. The minimum Gasteiger partial charge on any atom is -0.462 e. The Morgan fingerprint density at radius 3 is 1.09 bits per heavy atom. The summed E-state index contributed by atoms with van der Waals surface area (Å²) in [6.45, 7) is 3.67. The number of esters is 2. The summed E-state index contributed by atoms with van der Waals surface area (Å²) in [7, 11) is -4.36. The van der Waals surface area contributed by atoms with Gasteiger partial charge in [-0.05, 0) is 38.5 Å². The van der Waals surface area contributed by atoms with Crippen LogP contribution < -0.4 is 5.73 Å². The normalized spacial score (nSPS) is 13.1. The second-order valence-electron chi connectivity index (χ2n) is 19.2. The number of phosphoric acid groups is 1. The Kier molecular flexibility index (Phi) is 51.1. The maximum atomic E-state index is 12.6. The average molecular weight is 942 g/mol. The summed E-state index contributed by atoms with van der Waals surface area (Å²) in [4.78, 5) is 34.6. The van der Waals surface area contributed by atoms with Gasteiger partial charge in [-0.1, -0.05) is 257 Å². The van der Waals surface area contributed by atoms with Crippen LogP contribution in [0.15, 0.2) is 12.2 Å². The van der Waals surface area contributed by atoms with E-state index in [1.807, 2.05) is 0 Å². The molecule has 0 rings (SSSR count). The Labute approximate surface area is 402 Å². The van der Waals surface area contributed by atoms with Gasteiger partial charge >= 0.3 is 19.8 Å². The van der Waals surface area contributed by atoms with Crippen molar-refractivity contribution in [3.05, 3.63) is 12.2 Å². The molecule has 0 aliphatic heterocycles. The predicted octanol–water partition coefficient (Wildman–Crippen LogP) is 17.3. The molecular formula is C55H108NO8P. The lowest BCUT2D eigenvalue weighted by molar-refractivity contribution is -0.161. The Hall–Kier alpha value is -1.25. The summed E-state index contributed by atoms with van der Waals surface area (Å²) in [5.74, 6) is -0.828. The van der Waals surface area contributed by atoms with Gasteiger partial charge in [-0.3, -0.25) is 18.6 Å². The van der Waals surface area contributed by atoms with E-state index in [-0.39, 0.29) is 38.6 Å². The third kappa shape index (κ3) is 52.0. The zero-order chi connectivity index (χ0) is 47.4. The summed E-state index contributed by atoms with van der Waals surface area (Å²) in [6.07, 6.45) is 59.4. The van der Waals surface area contributed by atoms with Gasteiger partial charge in [0.05, 0.1) is 13.2 Å². The van der Waals surface area contributed by atoms with Gasteiger partial charge in [0, 0.05) is 19.4 Å². The van der Waals surface area contributed by atoms with Crippen molar-refractivity contribution in [2.75, 3.05) is 26.4 Å². The number of carbonyl (C=O) groups is 2. The molecule has 0 radical (unpaired) electrons. The van der Waals surface area contributed by atoms with Crippen LogP contribution in [0, 0.1) is 0 Å². The molecule has 2 atom stereocenters. The zero-order valence-corrected chi connectivity index (χ0v) is 43.9. The molecule has 3 N–H and O–H groups in total. The number of carbonyl (C=O) groups excluding carboxylic acids is 2. The molecule has 0 bridgehead atoms. The van der Waals surface area contributed by atoms with Crippen molar-refractivity contribution in [3.8, 4) is 0 Å². The van der Waals surface area contributed by atoms with Crippen molar-refractivity contribution in [3.63, 3.8) is 0 Å². The van der Waals surface area contributed by atoms with Crippen molar-refractivity contribution in [1.82, 2.24) is 0 Å². The molecule has 0 aromatic rings. The van der Waals surface area contributed by atoms with Crippen molar-refractivity contribution >= 4 is 19.8 Å². The third-order valence-corrected chi connectivity index (χ3v) is 13.6. The molecule has 0 saturated carbocycles. The fourth-order valence-electron chi connectivity index (χ4n) is 8.46. The molecular weight excluding hydrogens is 834 g/mol. The molecule has 10 heteroatoms. The minimum absolute atomic E-state index is 0.0569. The largest absolute Gasteiger partial charge is 0.472 e. The Morgan fingerprint density at radius 2 is 0.754 bits per heavy atom. The smallest absolute Gasteiger partial charge is 0.462 e. The lowest BCUT2D eigenvalue weighted by Crippen LogP contribution is -2.29. The van der Waals surface area contributed by atoms with Gasteiger partial charge < -0.3 is 20.1 Å². The molecule has 9 nitrogen and oxygen atoms in total. The van der Waals surface area contributed by atoms with Gasteiger partial charge in [-0.15, -0.1) is 0 Å². The predicted molar refractivity (Wildman–Crippen MR) is 275 cm³/mol. The van der Waals surface area contributed by atoms with Crippen LogP contribution in [0.1, 0.15) is 296 Å². The average Bonchev–Trinajstić information content (AvgIpc) is 3.30.